The topological polar surface area (TPSA) is 170 Å². The summed E-state index contributed by atoms with van der Waals surface area (Å²) < 4.78 is 20.9. The summed E-state index contributed by atoms with van der Waals surface area (Å²) in [5.41, 5.74) is -3.19. The summed E-state index contributed by atoms with van der Waals surface area (Å²) in [6.07, 6.45) is 0.414. The van der Waals surface area contributed by atoms with Crippen molar-refractivity contribution in [3.8, 4) is 0 Å². The Bertz CT molecular complexity index is 616. The molecule has 0 saturated carbocycles. The van der Waals surface area contributed by atoms with E-state index in [0.717, 1.165) is 0 Å². The van der Waals surface area contributed by atoms with Crippen LogP contribution in [0.15, 0.2) is 15.8 Å². The van der Waals surface area contributed by atoms with E-state index in [2.05, 4.69) is 0 Å². The Morgan fingerprint density at radius 3 is 2.00 bits per heavy atom. The van der Waals surface area contributed by atoms with Crippen molar-refractivity contribution in [3.05, 3.63) is 27.0 Å². The van der Waals surface area contributed by atoms with E-state index < -0.39 is 36.2 Å². The van der Waals surface area contributed by atoms with Crippen LogP contribution < -0.4 is 16.6 Å². The summed E-state index contributed by atoms with van der Waals surface area (Å²) in [5.74, 6) is 0. The molecule has 1 aromatic rings. The summed E-state index contributed by atoms with van der Waals surface area (Å²) in [4.78, 5) is 58.4. The van der Waals surface area contributed by atoms with Crippen molar-refractivity contribution in [1.29, 1.82) is 0 Å². The Labute approximate surface area is 86.6 Å². The van der Waals surface area contributed by atoms with Gasteiger partial charge < -0.3 is 24.6 Å². The highest BCUT2D eigenvalue weighted by Crippen LogP contribution is 2.34. The van der Waals surface area contributed by atoms with Gasteiger partial charge in [0.15, 0.2) is 0 Å². The molecule has 5 N–H and O–H groups in total. The Morgan fingerprint density at radius 2 is 1.62 bits per heavy atom. The minimum absolute atomic E-state index is 0.414. The van der Waals surface area contributed by atoms with Gasteiger partial charge in [-0.05, 0) is 0 Å². The molecule has 0 radical (unpaired) electrons. The number of aromatic nitrogens is 2. The fraction of sp³-hybridized carbons (Fsp3) is 0. The number of aromatic amines is 1. The van der Waals surface area contributed by atoms with Crippen molar-refractivity contribution in [1.82, 2.24) is 9.32 Å². The SMILES string of the molecule is O=c1[nH]cc(P(=O)(O)O)c(=O)n1P(=O)(O)O. The molecule has 1 aromatic heterocycles. The molecule has 0 aliphatic rings. The molecular weight excluding hydrogens is 266 g/mol. The molecule has 1 rings (SSSR count). The highest BCUT2D eigenvalue weighted by Gasteiger charge is 2.29. The van der Waals surface area contributed by atoms with Gasteiger partial charge in [-0.1, -0.05) is 0 Å². The van der Waals surface area contributed by atoms with Gasteiger partial charge in [0.2, 0.25) is 0 Å². The highest BCUT2D eigenvalue weighted by molar-refractivity contribution is 7.60. The zero-order valence-electron chi connectivity index (χ0n) is 7.34. The van der Waals surface area contributed by atoms with Crippen LogP contribution in [-0.4, -0.2) is 28.9 Å². The number of nitrogens with one attached hydrogen (secondary N) is 1. The molecule has 90 valence electrons. The van der Waals surface area contributed by atoms with Crippen LogP contribution in [0.2, 0.25) is 0 Å². The van der Waals surface area contributed by atoms with Crippen molar-refractivity contribution < 1.29 is 28.7 Å². The van der Waals surface area contributed by atoms with Crippen molar-refractivity contribution in [2.75, 3.05) is 0 Å². The van der Waals surface area contributed by atoms with E-state index in [0.29, 0.717) is 6.20 Å². The largest absolute Gasteiger partial charge is 0.440 e. The molecule has 0 bridgehead atoms. The summed E-state index contributed by atoms with van der Waals surface area (Å²) in [6, 6.07) is 0. The first-order valence-corrected chi connectivity index (χ1v) is 6.70. The van der Waals surface area contributed by atoms with Gasteiger partial charge in [0.1, 0.15) is 5.30 Å². The van der Waals surface area contributed by atoms with Crippen molar-refractivity contribution in [2.24, 2.45) is 0 Å². The third kappa shape index (κ3) is 2.38. The Kier molecular flexibility index (Phi) is 3.08. The zero-order chi connectivity index (χ0) is 12.7. The average molecular weight is 272 g/mol. The van der Waals surface area contributed by atoms with Gasteiger partial charge in [0.05, 0.1) is 0 Å². The number of H-pyrrole nitrogens is 1. The van der Waals surface area contributed by atoms with Crippen LogP contribution in [0.4, 0.5) is 0 Å². The summed E-state index contributed by atoms with van der Waals surface area (Å²) in [5, 5.41) is -1.20. The standard InChI is InChI=1S/C4H6N2O8P2/c7-3-2(15(9,10)11)1-5-4(8)6(3)16(12,13)14/h1H,(H,5,8)(H2,9,10,11)(H2,12,13,14). The van der Waals surface area contributed by atoms with Crippen LogP contribution in [0.5, 0.6) is 0 Å². The van der Waals surface area contributed by atoms with E-state index in [1.165, 1.54) is 0 Å². The lowest BCUT2D eigenvalue weighted by Crippen LogP contribution is -2.42. The molecule has 16 heavy (non-hydrogen) atoms. The van der Waals surface area contributed by atoms with Crippen LogP contribution in [0.25, 0.3) is 0 Å². The molecule has 12 heteroatoms. The minimum atomic E-state index is -5.27. The number of nitrogens with zero attached hydrogens (tertiary/aromatic N) is 1. The molecule has 0 atom stereocenters. The first-order chi connectivity index (χ1) is 7.05. The Hall–Kier alpha value is -1.02. The van der Waals surface area contributed by atoms with Gasteiger partial charge >= 0.3 is 21.0 Å². The van der Waals surface area contributed by atoms with E-state index in [1.807, 2.05) is 0 Å². The van der Waals surface area contributed by atoms with Crippen molar-refractivity contribution >= 4 is 20.6 Å². The lowest BCUT2D eigenvalue weighted by molar-refractivity contribution is 0.357. The van der Waals surface area contributed by atoms with Gasteiger partial charge in [-0.2, -0.15) is 4.34 Å². The third-order valence-electron chi connectivity index (χ3n) is 1.51. The van der Waals surface area contributed by atoms with Gasteiger partial charge in [0, 0.05) is 6.20 Å². The smallest absolute Gasteiger partial charge is 0.321 e. The first kappa shape index (κ1) is 13.0. The second kappa shape index (κ2) is 3.77. The van der Waals surface area contributed by atoms with E-state index in [-0.39, 0.29) is 0 Å². The van der Waals surface area contributed by atoms with E-state index >= 15 is 0 Å². The molecule has 1 heterocycles. The molecule has 0 unspecified atom stereocenters. The summed E-state index contributed by atoms with van der Waals surface area (Å²) in [6.45, 7) is 0. The molecule has 0 aliphatic carbocycles. The van der Waals surface area contributed by atoms with E-state index in [1.54, 1.807) is 4.98 Å². The molecule has 10 nitrogen and oxygen atoms in total. The lowest BCUT2D eigenvalue weighted by atomic mass is 10.7. The number of rotatable bonds is 2. The van der Waals surface area contributed by atoms with Crippen LogP contribution in [0.3, 0.4) is 0 Å². The van der Waals surface area contributed by atoms with Crippen molar-refractivity contribution in [3.63, 3.8) is 0 Å². The maximum absolute atomic E-state index is 11.2. The molecule has 0 fully saturated rings. The Balaban J connectivity index is 3.80. The zero-order valence-corrected chi connectivity index (χ0v) is 9.13. The predicted octanol–water partition coefficient (Wildman–Crippen LogP) is -2.72. The predicted molar refractivity (Wildman–Crippen MR) is 50.4 cm³/mol. The van der Waals surface area contributed by atoms with Gasteiger partial charge in [-0.15, -0.1) is 0 Å². The van der Waals surface area contributed by atoms with E-state index in [4.69, 9.17) is 19.6 Å². The quantitative estimate of drug-likeness (QED) is 0.361. The fourth-order valence-electron chi connectivity index (χ4n) is 0.899. The third-order valence-corrected chi connectivity index (χ3v) is 3.34. The molecule has 0 aromatic carbocycles. The average Bonchev–Trinajstić information content (AvgIpc) is 1.97. The second-order valence-corrected chi connectivity index (χ2v) is 5.65. The van der Waals surface area contributed by atoms with Crippen LogP contribution in [-0.2, 0) is 9.13 Å². The monoisotopic (exact) mass is 272 g/mol. The molecule has 0 spiro atoms. The fourth-order valence-corrected chi connectivity index (χ4v) is 2.20. The molecule has 0 amide bonds. The highest BCUT2D eigenvalue weighted by atomic mass is 31.2. The molecule has 0 aliphatic heterocycles. The Morgan fingerprint density at radius 1 is 1.12 bits per heavy atom. The second-order valence-electron chi connectivity index (χ2n) is 2.65. The lowest BCUT2D eigenvalue weighted by Gasteiger charge is -2.08. The first-order valence-electron chi connectivity index (χ1n) is 3.52. The van der Waals surface area contributed by atoms with Crippen LogP contribution >= 0.6 is 15.3 Å². The number of hydrogen-bond acceptors (Lipinski definition) is 4. The molecular formula is C4H6N2O8P2. The number of hydrogen-bond donors (Lipinski definition) is 5. The van der Waals surface area contributed by atoms with Gasteiger partial charge in [-0.3, -0.25) is 9.36 Å². The van der Waals surface area contributed by atoms with Crippen LogP contribution in [0, 0.1) is 0 Å². The van der Waals surface area contributed by atoms with Gasteiger partial charge in [-0.25, -0.2) is 9.36 Å². The maximum Gasteiger partial charge on any atom is 0.440 e. The maximum atomic E-state index is 11.2. The minimum Gasteiger partial charge on any atom is -0.321 e. The normalized spacial score (nSPS) is 12.8. The summed E-state index contributed by atoms with van der Waals surface area (Å²) in [7, 11) is -10.3. The summed E-state index contributed by atoms with van der Waals surface area (Å²) >= 11 is 0. The van der Waals surface area contributed by atoms with Gasteiger partial charge in [0.25, 0.3) is 5.56 Å². The van der Waals surface area contributed by atoms with E-state index in [9.17, 15) is 18.7 Å². The van der Waals surface area contributed by atoms with Crippen molar-refractivity contribution in [2.45, 2.75) is 0 Å². The molecule has 0 saturated heterocycles. The van der Waals surface area contributed by atoms with Crippen LogP contribution in [0.1, 0.15) is 0 Å².